The van der Waals surface area contributed by atoms with Crippen LogP contribution in [0.3, 0.4) is 0 Å². The average molecular weight is 414 g/mol. The van der Waals surface area contributed by atoms with E-state index >= 15 is 0 Å². The molecule has 3 aliphatic rings. The lowest BCUT2D eigenvalue weighted by Gasteiger charge is -2.55. The van der Waals surface area contributed by atoms with Crippen LogP contribution in [-0.4, -0.2) is 64.6 Å². The van der Waals surface area contributed by atoms with Crippen molar-refractivity contribution in [3.8, 4) is 0 Å². The van der Waals surface area contributed by atoms with Gasteiger partial charge in [0.05, 0.1) is 0 Å². The first-order valence-corrected chi connectivity index (χ1v) is 12.4. The minimum atomic E-state index is 0.497. The molecule has 2 heterocycles. The topological polar surface area (TPSA) is 35.5 Å². The summed E-state index contributed by atoms with van der Waals surface area (Å²) in [5.74, 6) is 1.83. The number of nitrogens with zero attached hydrogens (tertiary/aromatic N) is 5. The van der Waals surface area contributed by atoms with Crippen LogP contribution in [0.25, 0.3) is 0 Å². The molecule has 0 amide bonds. The van der Waals surface area contributed by atoms with Crippen molar-refractivity contribution in [1.82, 2.24) is 19.8 Å². The molecule has 0 aromatic carbocycles. The fraction of sp³-hybridized carbons (Fsp3) is 0.840. The minimum Gasteiger partial charge on any atom is -0.332 e. The van der Waals surface area contributed by atoms with Gasteiger partial charge in [-0.3, -0.25) is 4.90 Å². The molecule has 1 spiro atoms. The second kappa shape index (κ2) is 9.12. The van der Waals surface area contributed by atoms with Crippen LogP contribution in [0.4, 0.5) is 5.95 Å². The molecule has 0 radical (unpaired) electrons. The smallest absolute Gasteiger partial charge is 0.225 e. The summed E-state index contributed by atoms with van der Waals surface area (Å²) in [4.78, 5) is 17.3. The molecule has 1 saturated heterocycles. The van der Waals surface area contributed by atoms with E-state index in [9.17, 15) is 0 Å². The van der Waals surface area contributed by atoms with Crippen molar-refractivity contribution < 1.29 is 0 Å². The number of anilines is 1. The lowest BCUT2D eigenvalue weighted by Crippen LogP contribution is -2.60. The van der Waals surface area contributed by atoms with Crippen LogP contribution in [-0.2, 0) is 6.54 Å². The van der Waals surface area contributed by atoms with E-state index in [4.69, 9.17) is 9.97 Å². The van der Waals surface area contributed by atoms with Gasteiger partial charge in [-0.2, -0.15) is 0 Å². The zero-order valence-electron chi connectivity index (χ0n) is 20.0. The maximum atomic E-state index is 4.85. The summed E-state index contributed by atoms with van der Waals surface area (Å²) >= 11 is 0. The van der Waals surface area contributed by atoms with Crippen molar-refractivity contribution in [2.75, 3.05) is 31.6 Å². The largest absolute Gasteiger partial charge is 0.332 e. The highest BCUT2D eigenvalue weighted by atomic mass is 15.4. The van der Waals surface area contributed by atoms with Gasteiger partial charge in [0.2, 0.25) is 5.95 Å². The fourth-order valence-electron chi connectivity index (χ4n) is 6.25. The lowest BCUT2D eigenvalue weighted by atomic mass is 9.52. The van der Waals surface area contributed by atoms with Crippen LogP contribution in [0.1, 0.15) is 78.2 Å². The van der Waals surface area contributed by atoms with E-state index in [2.05, 4.69) is 61.8 Å². The Balaban J connectivity index is 1.34. The summed E-state index contributed by atoms with van der Waals surface area (Å²) in [6.07, 6.45) is 13.8. The zero-order chi connectivity index (χ0) is 21.3. The predicted octanol–water partition coefficient (Wildman–Crippen LogP) is 4.58. The van der Waals surface area contributed by atoms with E-state index < -0.39 is 0 Å². The molecular formula is C25H43N5. The van der Waals surface area contributed by atoms with Gasteiger partial charge in [0.25, 0.3) is 0 Å². The zero-order valence-corrected chi connectivity index (χ0v) is 20.0. The third-order valence-corrected chi connectivity index (χ3v) is 8.15. The van der Waals surface area contributed by atoms with Crippen LogP contribution in [0.15, 0.2) is 12.4 Å². The van der Waals surface area contributed by atoms with E-state index in [0.29, 0.717) is 18.1 Å². The van der Waals surface area contributed by atoms with Crippen molar-refractivity contribution in [1.29, 1.82) is 0 Å². The van der Waals surface area contributed by atoms with Gasteiger partial charge in [0, 0.05) is 62.3 Å². The van der Waals surface area contributed by atoms with Gasteiger partial charge in [-0.1, -0.05) is 20.3 Å². The lowest BCUT2D eigenvalue weighted by molar-refractivity contribution is -0.0358. The fourth-order valence-corrected chi connectivity index (χ4v) is 6.25. The normalized spacial score (nSPS) is 27.0. The molecule has 30 heavy (non-hydrogen) atoms. The van der Waals surface area contributed by atoms with Crippen molar-refractivity contribution >= 4 is 5.95 Å². The summed E-state index contributed by atoms with van der Waals surface area (Å²) < 4.78 is 0. The molecule has 0 N–H and O–H groups in total. The van der Waals surface area contributed by atoms with Crippen LogP contribution in [0.5, 0.6) is 0 Å². The van der Waals surface area contributed by atoms with Gasteiger partial charge in [-0.05, 0) is 70.8 Å². The summed E-state index contributed by atoms with van der Waals surface area (Å²) in [5, 5.41) is 0. The van der Waals surface area contributed by atoms with Gasteiger partial charge in [0.15, 0.2) is 0 Å². The van der Waals surface area contributed by atoms with Crippen LogP contribution in [0.2, 0.25) is 0 Å². The quantitative estimate of drug-likeness (QED) is 0.623. The van der Waals surface area contributed by atoms with E-state index in [1.54, 1.807) is 0 Å². The van der Waals surface area contributed by atoms with Crippen molar-refractivity contribution in [2.24, 2.45) is 11.3 Å². The number of aromatic nitrogens is 2. The molecule has 2 aliphatic carbocycles. The Bertz CT molecular complexity index is 661. The molecule has 5 heteroatoms. The first-order valence-electron chi connectivity index (χ1n) is 12.4. The number of piperazine rings is 1. The molecule has 2 saturated carbocycles. The first kappa shape index (κ1) is 22.0. The highest BCUT2D eigenvalue weighted by molar-refractivity contribution is 5.35. The molecule has 4 rings (SSSR count). The molecule has 1 aliphatic heterocycles. The molecule has 2 unspecified atom stereocenters. The van der Waals surface area contributed by atoms with Gasteiger partial charge >= 0.3 is 0 Å². The molecule has 5 nitrogen and oxygen atoms in total. The molecule has 1 aromatic heterocycles. The van der Waals surface area contributed by atoms with Gasteiger partial charge in [-0.15, -0.1) is 0 Å². The van der Waals surface area contributed by atoms with Gasteiger partial charge in [0.1, 0.15) is 0 Å². The summed E-state index contributed by atoms with van der Waals surface area (Å²) in [5.41, 5.74) is 2.02. The van der Waals surface area contributed by atoms with E-state index in [0.717, 1.165) is 49.8 Å². The highest BCUT2D eigenvalue weighted by Gasteiger charge is 2.47. The Morgan fingerprint density at radius 2 is 1.67 bits per heavy atom. The molecule has 168 valence electrons. The SMILES string of the molecule is CCC1CN(C(C)C)CC(CC)N1c1ncc(CN(C)CC2CC3(CCC3)C2)cn1. The Hall–Kier alpha value is -1.20. The summed E-state index contributed by atoms with van der Waals surface area (Å²) in [6.45, 7) is 13.6. The molecule has 1 aromatic rings. The number of hydrogen-bond donors (Lipinski definition) is 0. The average Bonchev–Trinajstić information content (AvgIpc) is 2.68. The van der Waals surface area contributed by atoms with E-state index in [1.807, 2.05) is 0 Å². The Kier molecular flexibility index (Phi) is 6.69. The predicted molar refractivity (Wildman–Crippen MR) is 125 cm³/mol. The maximum absolute atomic E-state index is 4.85. The molecule has 0 bridgehead atoms. The number of hydrogen-bond acceptors (Lipinski definition) is 5. The second-order valence-corrected chi connectivity index (χ2v) is 10.8. The summed E-state index contributed by atoms with van der Waals surface area (Å²) in [6, 6.07) is 1.60. The van der Waals surface area contributed by atoms with E-state index in [1.165, 1.54) is 44.2 Å². The third-order valence-electron chi connectivity index (χ3n) is 8.15. The van der Waals surface area contributed by atoms with Crippen molar-refractivity contribution in [2.45, 2.75) is 97.3 Å². The third kappa shape index (κ3) is 4.52. The standard InChI is InChI=1S/C25H43N5/c1-6-22-17-29(19(3)4)18-23(7-2)30(22)24-26-13-21(14-27-24)16-28(5)15-20-11-25(12-20)9-8-10-25/h13-14,19-20,22-23H,6-12,15-18H2,1-5H3. The maximum Gasteiger partial charge on any atom is 0.225 e. The Morgan fingerprint density at radius 1 is 1.07 bits per heavy atom. The molecule has 2 atom stereocenters. The molecular weight excluding hydrogens is 370 g/mol. The van der Waals surface area contributed by atoms with Gasteiger partial charge < -0.3 is 9.80 Å². The van der Waals surface area contributed by atoms with Crippen LogP contribution >= 0.6 is 0 Å². The second-order valence-electron chi connectivity index (χ2n) is 10.8. The Morgan fingerprint density at radius 3 is 2.13 bits per heavy atom. The monoisotopic (exact) mass is 413 g/mol. The Labute approximate surface area is 184 Å². The molecule has 3 fully saturated rings. The van der Waals surface area contributed by atoms with Gasteiger partial charge in [-0.25, -0.2) is 9.97 Å². The minimum absolute atomic E-state index is 0.497. The van der Waals surface area contributed by atoms with Crippen molar-refractivity contribution in [3.05, 3.63) is 18.0 Å². The van der Waals surface area contributed by atoms with E-state index in [-0.39, 0.29) is 0 Å². The number of rotatable bonds is 8. The van der Waals surface area contributed by atoms with Crippen LogP contribution in [0, 0.1) is 11.3 Å². The van der Waals surface area contributed by atoms with Crippen molar-refractivity contribution in [3.63, 3.8) is 0 Å². The first-order chi connectivity index (χ1) is 14.4. The summed E-state index contributed by atoms with van der Waals surface area (Å²) in [7, 11) is 2.26. The van der Waals surface area contributed by atoms with Crippen LogP contribution < -0.4 is 4.90 Å². The highest BCUT2D eigenvalue weighted by Crippen LogP contribution is 2.58.